The number of hydrogen-bond donors (Lipinski definition) is 1. The van der Waals surface area contributed by atoms with Gasteiger partial charge >= 0.3 is 6.03 Å². The Labute approximate surface area is 173 Å². The molecule has 0 bridgehead atoms. The number of urea groups is 1. The highest BCUT2D eigenvalue weighted by Crippen LogP contribution is 2.27. The quantitative estimate of drug-likeness (QED) is 0.539. The lowest BCUT2D eigenvalue weighted by Crippen LogP contribution is -2.54. The third kappa shape index (κ3) is 3.20. The van der Waals surface area contributed by atoms with Crippen LogP contribution in [0.5, 0.6) is 0 Å². The van der Waals surface area contributed by atoms with Crippen LogP contribution in [0.2, 0.25) is 0 Å². The van der Waals surface area contributed by atoms with E-state index in [1.54, 1.807) is 31.3 Å². The van der Waals surface area contributed by atoms with Crippen molar-refractivity contribution in [3.63, 3.8) is 0 Å². The van der Waals surface area contributed by atoms with Gasteiger partial charge < -0.3 is 4.57 Å². The first-order valence-electron chi connectivity index (χ1n) is 9.46. The van der Waals surface area contributed by atoms with Gasteiger partial charge in [-0.1, -0.05) is 24.3 Å². The molecule has 0 unspecified atom stereocenters. The number of imide groups is 2. The Morgan fingerprint density at radius 3 is 2.40 bits per heavy atom. The summed E-state index contributed by atoms with van der Waals surface area (Å²) < 4.78 is 1.95. The van der Waals surface area contributed by atoms with Gasteiger partial charge in [0.2, 0.25) is 0 Å². The third-order valence-corrected chi connectivity index (χ3v) is 5.11. The number of para-hydroxylation sites is 1. The molecule has 150 valence electrons. The molecule has 1 saturated heterocycles. The summed E-state index contributed by atoms with van der Waals surface area (Å²) in [6.07, 6.45) is 3.23. The fourth-order valence-corrected chi connectivity index (χ4v) is 3.62. The first kappa shape index (κ1) is 19.3. The molecule has 30 heavy (non-hydrogen) atoms. The minimum Gasteiger partial charge on any atom is -0.303 e. The number of aryl methyl sites for hydroxylation is 2. The summed E-state index contributed by atoms with van der Waals surface area (Å²) in [4.78, 5) is 43.4. The number of carbonyl (C=O) groups is 3. The van der Waals surface area contributed by atoms with Gasteiger partial charge in [0.05, 0.1) is 5.69 Å². The predicted octanol–water partition coefficient (Wildman–Crippen LogP) is 3.46. The van der Waals surface area contributed by atoms with Crippen molar-refractivity contribution in [3.8, 4) is 5.82 Å². The van der Waals surface area contributed by atoms with Crippen molar-refractivity contribution in [1.82, 2.24) is 14.9 Å². The van der Waals surface area contributed by atoms with Crippen LogP contribution in [-0.4, -0.2) is 27.4 Å². The van der Waals surface area contributed by atoms with Crippen LogP contribution in [0.3, 0.4) is 0 Å². The Morgan fingerprint density at radius 2 is 1.70 bits per heavy atom. The van der Waals surface area contributed by atoms with E-state index in [2.05, 4.69) is 10.3 Å². The summed E-state index contributed by atoms with van der Waals surface area (Å²) in [5, 5.41) is 2.27. The van der Waals surface area contributed by atoms with Crippen LogP contribution >= 0.6 is 0 Å². The van der Waals surface area contributed by atoms with E-state index in [-0.39, 0.29) is 5.57 Å². The van der Waals surface area contributed by atoms with Crippen molar-refractivity contribution >= 4 is 29.6 Å². The fraction of sp³-hybridized carbons (Fsp3) is 0.130. The number of hydrogen-bond acceptors (Lipinski definition) is 4. The third-order valence-electron chi connectivity index (χ3n) is 5.11. The number of anilines is 1. The molecule has 1 fully saturated rings. The van der Waals surface area contributed by atoms with Crippen molar-refractivity contribution < 1.29 is 14.4 Å². The number of aromatic nitrogens is 2. The van der Waals surface area contributed by atoms with E-state index in [9.17, 15) is 14.4 Å². The minimum absolute atomic E-state index is 0.0980. The Balaban J connectivity index is 1.78. The maximum atomic E-state index is 13.1. The molecule has 2 aromatic heterocycles. The number of carbonyl (C=O) groups excluding carboxylic acids is 3. The van der Waals surface area contributed by atoms with Gasteiger partial charge in [0.1, 0.15) is 11.4 Å². The SMILES string of the molecule is Cc1ccccc1N1C(=O)NC(=O)/C(=C/c2cc(C)n(-c3ccccn3)c2C)C1=O. The van der Waals surface area contributed by atoms with Crippen LogP contribution in [0.1, 0.15) is 22.5 Å². The second-order valence-corrected chi connectivity index (χ2v) is 7.09. The number of rotatable bonds is 3. The molecule has 0 aliphatic carbocycles. The van der Waals surface area contributed by atoms with E-state index in [0.717, 1.165) is 27.7 Å². The lowest BCUT2D eigenvalue weighted by atomic mass is 10.1. The van der Waals surface area contributed by atoms with E-state index in [1.165, 1.54) is 6.08 Å². The molecule has 4 amide bonds. The number of amides is 4. The highest BCUT2D eigenvalue weighted by molar-refractivity contribution is 6.39. The summed E-state index contributed by atoms with van der Waals surface area (Å²) >= 11 is 0. The lowest BCUT2D eigenvalue weighted by Gasteiger charge is -2.27. The molecule has 1 aliphatic rings. The Morgan fingerprint density at radius 1 is 0.967 bits per heavy atom. The molecule has 0 saturated carbocycles. The van der Waals surface area contributed by atoms with Crippen LogP contribution in [0.15, 0.2) is 60.3 Å². The predicted molar refractivity (Wildman–Crippen MR) is 113 cm³/mol. The summed E-state index contributed by atoms with van der Waals surface area (Å²) in [6.45, 7) is 5.62. The van der Waals surface area contributed by atoms with E-state index in [4.69, 9.17) is 0 Å². The average Bonchev–Trinajstić information content (AvgIpc) is 3.00. The molecule has 0 radical (unpaired) electrons. The van der Waals surface area contributed by atoms with Crippen LogP contribution < -0.4 is 10.2 Å². The number of nitrogens with one attached hydrogen (secondary N) is 1. The molecule has 3 heterocycles. The smallest absolute Gasteiger partial charge is 0.303 e. The molecule has 0 atom stereocenters. The largest absolute Gasteiger partial charge is 0.335 e. The van der Waals surface area contributed by atoms with Gasteiger partial charge in [0, 0.05) is 17.6 Å². The molecule has 1 aliphatic heterocycles. The Hall–Kier alpha value is -4.00. The zero-order valence-corrected chi connectivity index (χ0v) is 16.8. The van der Waals surface area contributed by atoms with E-state index < -0.39 is 17.8 Å². The van der Waals surface area contributed by atoms with Gasteiger partial charge in [-0.3, -0.25) is 14.9 Å². The number of nitrogens with zero attached hydrogens (tertiary/aromatic N) is 3. The first-order valence-corrected chi connectivity index (χ1v) is 9.46. The molecule has 0 spiro atoms. The number of barbiturate groups is 1. The van der Waals surface area contributed by atoms with Crippen molar-refractivity contribution in [1.29, 1.82) is 0 Å². The normalized spacial score (nSPS) is 15.6. The van der Waals surface area contributed by atoms with E-state index >= 15 is 0 Å². The maximum absolute atomic E-state index is 13.1. The van der Waals surface area contributed by atoms with Gasteiger partial charge in [-0.15, -0.1) is 0 Å². The summed E-state index contributed by atoms with van der Waals surface area (Å²) in [5.41, 5.74) is 3.54. The highest BCUT2D eigenvalue weighted by atomic mass is 16.2. The van der Waals surface area contributed by atoms with Crippen molar-refractivity contribution in [2.24, 2.45) is 0 Å². The number of pyridine rings is 1. The fourth-order valence-electron chi connectivity index (χ4n) is 3.62. The summed E-state index contributed by atoms with van der Waals surface area (Å²) in [5.74, 6) is -0.619. The van der Waals surface area contributed by atoms with Crippen LogP contribution in [0, 0.1) is 20.8 Å². The molecule has 4 rings (SSSR count). The summed E-state index contributed by atoms with van der Waals surface area (Å²) in [6, 6.07) is 13.8. The van der Waals surface area contributed by atoms with Crippen molar-refractivity contribution in [2.45, 2.75) is 20.8 Å². The standard InChI is InChI=1S/C23H20N4O3/c1-14-8-4-5-9-19(14)27-22(29)18(21(28)25-23(27)30)13-17-12-15(2)26(16(17)3)20-10-6-7-11-24-20/h4-13H,1-3H3,(H,25,28,30)/b18-13-. The van der Waals surface area contributed by atoms with Crippen molar-refractivity contribution in [3.05, 3.63) is 82.8 Å². The maximum Gasteiger partial charge on any atom is 0.335 e. The van der Waals surface area contributed by atoms with Gasteiger partial charge in [-0.25, -0.2) is 14.7 Å². The second-order valence-electron chi connectivity index (χ2n) is 7.09. The van der Waals surface area contributed by atoms with Crippen molar-refractivity contribution in [2.75, 3.05) is 4.90 Å². The van der Waals surface area contributed by atoms with Crippen LogP contribution in [-0.2, 0) is 9.59 Å². The van der Waals surface area contributed by atoms with Gasteiger partial charge in [0.25, 0.3) is 11.8 Å². The Kier molecular flexibility index (Phi) is 4.79. The van der Waals surface area contributed by atoms with E-state index in [1.807, 2.05) is 48.7 Å². The average molecular weight is 400 g/mol. The molecule has 3 aromatic rings. The second kappa shape index (κ2) is 7.44. The Bertz CT molecular complexity index is 1210. The lowest BCUT2D eigenvalue weighted by molar-refractivity contribution is -0.122. The molecule has 7 heteroatoms. The molecule has 1 N–H and O–H groups in total. The molecular weight excluding hydrogens is 380 g/mol. The van der Waals surface area contributed by atoms with Gasteiger partial charge in [-0.2, -0.15) is 0 Å². The topological polar surface area (TPSA) is 84.3 Å². The van der Waals surface area contributed by atoms with E-state index in [0.29, 0.717) is 11.3 Å². The zero-order valence-electron chi connectivity index (χ0n) is 16.8. The summed E-state index contributed by atoms with van der Waals surface area (Å²) in [7, 11) is 0. The monoisotopic (exact) mass is 400 g/mol. The highest BCUT2D eigenvalue weighted by Gasteiger charge is 2.37. The molecule has 1 aromatic carbocycles. The van der Waals surface area contributed by atoms with Gasteiger partial charge in [-0.05, 0) is 62.2 Å². The minimum atomic E-state index is -0.754. The first-order chi connectivity index (χ1) is 14.4. The zero-order chi connectivity index (χ0) is 21.4. The molecular formula is C23H20N4O3. The number of benzene rings is 1. The van der Waals surface area contributed by atoms with Crippen LogP contribution in [0.25, 0.3) is 11.9 Å². The molecule has 7 nitrogen and oxygen atoms in total. The van der Waals surface area contributed by atoms with Crippen LogP contribution in [0.4, 0.5) is 10.5 Å². The van der Waals surface area contributed by atoms with Gasteiger partial charge in [0.15, 0.2) is 0 Å².